The highest BCUT2D eigenvalue weighted by Gasteiger charge is 2.35. The van der Waals surface area contributed by atoms with Gasteiger partial charge in [0.15, 0.2) is 4.80 Å². The van der Waals surface area contributed by atoms with Crippen molar-refractivity contribution in [2.24, 2.45) is 4.99 Å². The lowest BCUT2D eigenvalue weighted by Crippen LogP contribution is -2.43. The van der Waals surface area contributed by atoms with Gasteiger partial charge in [0.25, 0.3) is 11.5 Å². The number of methoxy groups -OCH3 is 1. The maximum atomic E-state index is 14.2. The smallest absolute Gasteiger partial charge is 0.271 e. The van der Waals surface area contributed by atoms with E-state index < -0.39 is 6.04 Å². The minimum atomic E-state index is -0.658. The molecule has 0 radical (unpaired) electrons. The lowest BCUT2D eigenvalue weighted by atomic mass is 9.94. The molecule has 0 saturated heterocycles. The summed E-state index contributed by atoms with van der Waals surface area (Å²) in [6, 6.07) is 15.5. The van der Waals surface area contributed by atoms with Crippen LogP contribution in [0.15, 0.2) is 69.6 Å². The molecule has 2 aromatic carbocycles. The predicted molar refractivity (Wildman–Crippen MR) is 177 cm³/mol. The number of carbonyl (C=O) groups is 1. The molecule has 0 saturated carbocycles. The van der Waals surface area contributed by atoms with Gasteiger partial charge in [-0.2, -0.15) is 0 Å². The van der Waals surface area contributed by atoms with Crippen LogP contribution in [0.3, 0.4) is 0 Å². The second kappa shape index (κ2) is 12.0. The van der Waals surface area contributed by atoms with E-state index in [9.17, 15) is 9.59 Å². The van der Waals surface area contributed by atoms with Crippen LogP contribution in [0.25, 0.3) is 11.8 Å². The highest BCUT2D eigenvalue weighted by atomic mass is 127. The Labute approximate surface area is 263 Å². The molecule has 1 amide bonds. The van der Waals surface area contributed by atoms with E-state index >= 15 is 0 Å². The molecule has 2 aromatic heterocycles. The second-order valence-electron chi connectivity index (χ2n) is 10.4. The number of likely N-dealkylation sites (N-methyl/N-ethyl adjacent to an activating group) is 1. The van der Waals surface area contributed by atoms with Crippen molar-refractivity contribution in [3.63, 3.8) is 0 Å². The summed E-state index contributed by atoms with van der Waals surface area (Å²) in [6.45, 7) is 13.1. The number of allylic oxidation sites excluding steroid dienone is 1. The Balaban J connectivity index is 1.72. The lowest BCUT2D eigenvalue weighted by molar-refractivity contribution is -0.127. The molecule has 0 aliphatic carbocycles. The zero-order valence-electron chi connectivity index (χ0n) is 25.0. The van der Waals surface area contributed by atoms with Gasteiger partial charge in [-0.1, -0.05) is 35.6 Å². The van der Waals surface area contributed by atoms with Gasteiger partial charge in [-0.3, -0.25) is 14.2 Å². The molecule has 42 heavy (non-hydrogen) atoms. The third kappa shape index (κ3) is 5.17. The molecule has 218 valence electrons. The summed E-state index contributed by atoms with van der Waals surface area (Å²) in [5.74, 6) is 0.496. The number of para-hydroxylation sites is 1. The van der Waals surface area contributed by atoms with E-state index in [1.807, 2.05) is 51.1 Å². The molecule has 1 aliphatic heterocycles. The third-order valence-corrected chi connectivity index (χ3v) is 10.1. The molecule has 3 heterocycles. The molecule has 7 nitrogen and oxygen atoms in total. The van der Waals surface area contributed by atoms with Gasteiger partial charge < -0.3 is 14.2 Å². The molecule has 4 aromatic rings. The van der Waals surface area contributed by atoms with E-state index in [1.165, 1.54) is 20.5 Å². The number of carbonyl (C=O) groups excluding carboxylic acids is 1. The predicted octanol–water partition coefficient (Wildman–Crippen LogP) is 5.43. The molecule has 1 aliphatic rings. The van der Waals surface area contributed by atoms with Crippen LogP contribution in [-0.4, -0.2) is 40.1 Å². The number of fused-ring (bicyclic) bond motifs is 1. The van der Waals surface area contributed by atoms with Crippen molar-refractivity contribution >= 4 is 45.9 Å². The Morgan fingerprint density at radius 1 is 1.10 bits per heavy atom. The SMILES string of the molecule is CCN(CC)C(=O)C1=C(C)N=c2s/c(=C/c3cc(C)n(-c4ccc(C)c(I)c4)c3C)c(=O)n2[C@@H]1c1ccccc1OC. The molecule has 5 rings (SSSR count). The number of thiazole rings is 1. The van der Waals surface area contributed by atoms with Gasteiger partial charge in [-0.15, -0.1) is 0 Å². The van der Waals surface area contributed by atoms with E-state index in [2.05, 4.69) is 72.2 Å². The number of ether oxygens (including phenoxy) is 1. The van der Waals surface area contributed by atoms with Crippen LogP contribution in [0, 0.1) is 24.3 Å². The first kappa shape index (κ1) is 30.0. The number of aromatic nitrogens is 2. The van der Waals surface area contributed by atoms with Crippen molar-refractivity contribution in [3.8, 4) is 11.4 Å². The Hall–Kier alpha value is -3.44. The van der Waals surface area contributed by atoms with Crippen molar-refractivity contribution < 1.29 is 9.53 Å². The van der Waals surface area contributed by atoms with E-state index in [-0.39, 0.29) is 11.5 Å². The van der Waals surface area contributed by atoms with Gasteiger partial charge in [0.1, 0.15) is 11.8 Å². The van der Waals surface area contributed by atoms with E-state index in [0.29, 0.717) is 39.4 Å². The van der Waals surface area contributed by atoms with Gasteiger partial charge in [0, 0.05) is 39.3 Å². The zero-order valence-corrected chi connectivity index (χ0v) is 28.0. The molecule has 0 unspecified atom stereocenters. The van der Waals surface area contributed by atoms with Gasteiger partial charge >= 0.3 is 0 Å². The summed E-state index contributed by atoms with van der Waals surface area (Å²) in [6.07, 6.45) is 1.95. The van der Waals surface area contributed by atoms with Crippen LogP contribution in [0.2, 0.25) is 0 Å². The second-order valence-corrected chi connectivity index (χ2v) is 12.6. The van der Waals surface area contributed by atoms with Crippen molar-refractivity contribution in [2.45, 2.75) is 47.6 Å². The average molecular weight is 695 g/mol. The molecule has 1 atom stereocenters. The molecule has 0 spiro atoms. The quantitative estimate of drug-likeness (QED) is 0.243. The van der Waals surface area contributed by atoms with Crippen LogP contribution < -0.4 is 19.6 Å². The van der Waals surface area contributed by atoms with E-state index in [0.717, 1.165) is 28.2 Å². The van der Waals surface area contributed by atoms with Crippen molar-refractivity contribution in [1.82, 2.24) is 14.0 Å². The number of rotatable bonds is 7. The molecule has 9 heteroatoms. The molecule has 0 bridgehead atoms. The number of halogens is 1. The molecule has 0 N–H and O–H groups in total. The Bertz CT molecular complexity index is 1910. The largest absolute Gasteiger partial charge is 0.496 e. The number of hydrogen-bond acceptors (Lipinski definition) is 5. The van der Waals surface area contributed by atoms with Crippen molar-refractivity contribution in [1.29, 1.82) is 0 Å². The van der Waals surface area contributed by atoms with Crippen LogP contribution in [0.4, 0.5) is 0 Å². The molecular weight excluding hydrogens is 659 g/mol. The average Bonchev–Trinajstić information content (AvgIpc) is 3.43. The molecule has 0 fully saturated rings. The maximum absolute atomic E-state index is 14.2. The first-order valence-electron chi connectivity index (χ1n) is 14.0. The van der Waals surface area contributed by atoms with Gasteiger partial charge in [0.2, 0.25) is 0 Å². The minimum absolute atomic E-state index is 0.122. The number of benzene rings is 2. The van der Waals surface area contributed by atoms with Crippen LogP contribution in [0.5, 0.6) is 5.75 Å². The lowest BCUT2D eigenvalue weighted by Gasteiger charge is -2.29. The summed E-state index contributed by atoms with van der Waals surface area (Å²) in [5, 5.41) is 0. The van der Waals surface area contributed by atoms with Gasteiger partial charge in [-0.25, -0.2) is 4.99 Å². The summed E-state index contributed by atoms with van der Waals surface area (Å²) in [5.41, 5.74) is 7.11. The summed E-state index contributed by atoms with van der Waals surface area (Å²) < 4.78 is 11.4. The van der Waals surface area contributed by atoms with Gasteiger partial charge in [-0.05, 0) is 106 Å². The van der Waals surface area contributed by atoms with Crippen LogP contribution in [-0.2, 0) is 4.79 Å². The fraction of sp³-hybridized carbons (Fsp3) is 0.303. The van der Waals surface area contributed by atoms with Crippen molar-refractivity contribution in [3.05, 3.63) is 111 Å². The standard InChI is InChI=1S/C33H35IN4O3S/c1-8-36(9-2)32(40)29-21(5)35-33-38(30(29)25-12-10-11-13-27(25)41-7)31(39)28(42-33)17-23-16-20(4)37(22(23)6)24-15-14-19(3)26(34)18-24/h10-18,30H,8-9H2,1-7H3/b28-17+/t30-/m1/s1. The monoisotopic (exact) mass is 694 g/mol. The summed E-state index contributed by atoms with van der Waals surface area (Å²) in [4.78, 5) is 35.3. The first-order valence-corrected chi connectivity index (χ1v) is 15.9. The normalized spacial score (nSPS) is 15.0. The third-order valence-electron chi connectivity index (χ3n) is 7.91. The number of nitrogens with zero attached hydrogens (tertiary/aromatic N) is 4. The number of hydrogen-bond donors (Lipinski definition) is 0. The number of aryl methyl sites for hydroxylation is 2. The van der Waals surface area contributed by atoms with Crippen molar-refractivity contribution in [2.75, 3.05) is 20.2 Å². The Morgan fingerprint density at radius 3 is 2.48 bits per heavy atom. The summed E-state index contributed by atoms with van der Waals surface area (Å²) in [7, 11) is 1.61. The highest BCUT2D eigenvalue weighted by Crippen LogP contribution is 2.36. The topological polar surface area (TPSA) is 68.8 Å². The van der Waals surface area contributed by atoms with E-state index in [1.54, 1.807) is 16.6 Å². The molecular formula is C33H35IN4O3S. The Kier molecular flexibility index (Phi) is 8.61. The fourth-order valence-corrected chi connectivity index (χ4v) is 7.19. The van der Waals surface area contributed by atoms with Crippen LogP contribution >= 0.6 is 33.9 Å². The minimum Gasteiger partial charge on any atom is -0.496 e. The van der Waals surface area contributed by atoms with Gasteiger partial charge in [0.05, 0.1) is 22.9 Å². The number of amides is 1. The fourth-order valence-electron chi connectivity index (χ4n) is 5.66. The zero-order chi connectivity index (χ0) is 30.3. The maximum Gasteiger partial charge on any atom is 0.271 e. The summed E-state index contributed by atoms with van der Waals surface area (Å²) >= 11 is 3.71. The Morgan fingerprint density at radius 2 is 1.81 bits per heavy atom. The first-order chi connectivity index (χ1) is 20.1. The van der Waals surface area contributed by atoms with Crippen LogP contribution in [0.1, 0.15) is 54.9 Å². The highest BCUT2D eigenvalue weighted by molar-refractivity contribution is 14.1. The van der Waals surface area contributed by atoms with E-state index in [4.69, 9.17) is 9.73 Å².